The first kappa shape index (κ1) is 18.0. The maximum atomic E-state index is 5.65. The molecule has 21 heavy (non-hydrogen) atoms. The summed E-state index contributed by atoms with van der Waals surface area (Å²) in [4.78, 5) is 2.42. The Labute approximate surface area is 130 Å². The van der Waals surface area contributed by atoms with Crippen molar-refractivity contribution in [3.05, 3.63) is 29.8 Å². The molecule has 1 aromatic rings. The second kappa shape index (κ2) is 10.6. The van der Waals surface area contributed by atoms with Gasteiger partial charge >= 0.3 is 0 Å². The van der Waals surface area contributed by atoms with Crippen molar-refractivity contribution in [2.45, 2.75) is 46.1 Å². The Morgan fingerprint density at radius 1 is 1.10 bits per heavy atom. The van der Waals surface area contributed by atoms with Gasteiger partial charge < -0.3 is 15.0 Å². The molecular weight excluding hydrogens is 260 g/mol. The quantitative estimate of drug-likeness (QED) is 0.670. The van der Waals surface area contributed by atoms with Crippen molar-refractivity contribution in [2.24, 2.45) is 0 Å². The predicted octanol–water partition coefficient (Wildman–Crippen LogP) is 3.86. The van der Waals surface area contributed by atoms with Gasteiger partial charge in [0, 0.05) is 12.6 Å². The number of likely N-dealkylation sites (N-methyl/N-ethyl adjacent to an activating group) is 2. The Kier molecular flexibility index (Phi) is 9.11. The molecule has 1 unspecified atom stereocenters. The smallest absolute Gasteiger partial charge is 0.119 e. The Balaban J connectivity index is 2.62. The standard InChI is InChI=1S/C18H32N2O/c1-5-8-13-20(4)15-18(19-7-3)16-9-11-17(12-10-16)21-14-6-2/h9-12,18-19H,5-8,13-15H2,1-4H3. The molecule has 0 aliphatic carbocycles. The normalized spacial score (nSPS) is 12.6. The van der Waals surface area contributed by atoms with E-state index in [1.54, 1.807) is 0 Å². The third-order valence-electron chi connectivity index (χ3n) is 3.59. The maximum Gasteiger partial charge on any atom is 0.119 e. The highest BCUT2D eigenvalue weighted by atomic mass is 16.5. The summed E-state index contributed by atoms with van der Waals surface area (Å²) in [6, 6.07) is 8.93. The topological polar surface area (TPSA) is 24.5 Å². The molecule has 0 spiro atoms. The van der Waals surface area contributed by atoms with Gasteiger partial charge in [-0.15, -0.1) is 0 Å². The zero-order valence-corrected chi connectivity index (χ0v) is 14.2. The lowest BCUT2D eigenvalue weighted by atomic mass is 10.1. The van der Waals surface area contributed by atoms with Crippen LogP contribution in [0.15, 0.2) is 24.3 Å². The van der Waals surface area contributed by atoms with E-state index in [0.29, 0.717) is 6.04 Å². The molecule has 3 heteroatoms. The first-order valence-corrected chi connectivity index (χ1v) is 8.35. The molecule has 0 aromatic heterocycles. The molecule has 1 rings (SSSR count). The molecule has 0 heterocycles. The molecule has 1 atom stereocenters. The van der Waals surface area contributed by atoms with E-state index < -0.39 is 0 Å². The summed E-state index contributed by atoms with van der Waals surface area (Å²) < 4.78 is 5.65. The van der Waals surface area contributed by atoms with Crippen LogP contribution < -0.4 is 10.1 Å². The monoisotopic (exact) mass is 292 g/mol. The van der Waals surface area contributed by atoms with Gasteiger partial charge in [0.25, 0.3) is 0 Å². The molecule has 0 amide bonds. The van der Waals surface area contributed by atoms with Gasteiger partial charge in [-0.05, 0) is 50.7 Å². The van der Waals surface area contributed by atoms with Gasteiger partial charge in [-0.2, -0.15) is 0 Å². The van der Waals surface area contributed by atoms with Crippen molar-refractivity contribution in [2.75, 3.05) is 33.3 Å². The lowest BCUT2D eigenvalue weighted by Crippen LogP contribution is -2.33. The van der Waals surface area contributed by atoms with Crippen LogP contribution in [0.4, 0.5) is 0 Å². The Morgan fingerprint density at radius 3 is 2.38 bits per heavy atom. The van der Waals surface area contributed by atoms with Gasteiger partial charge in [-0.1, -0.05) is 39.3 Å². The first-order valence-electron chi connectivity index (χ1n) is 8.35. The molecule has 1 N–H and O–H groups in total. The number of nitrogens with zero attached hydrogens (tertiary/aromatic N) is 1. The molecule has 0 bridgehead atoms. The number of hydrogen-bond donors (Lipinski definition) is 1. The van der Waals surface area contributed by atoms with E-state index >= 15 is 0 Å². The van der Waals surface area contributed by atoms with Crippen LogP contribution in [0.25, 0.3) is 0 Å². The highest BCUT2D eigenvalue weighted by Crippen LogP contribution is 2.19. The van der Waals surface area contributed by atoms with Gasteiger partial charge in [0.2, 0.25) is 0 Å². The Bertz CT molecular complexity index is 364. The largest absolute Gasteiger partial charge is 0.494 e. The third kappa shape index (κ3) is 6.96. The van der Waals surface area contributed by atoms with E-state index in [-0.39, 0.29) is 0 Å². The molecule has 0 fully saturated rings. The molecule has 0 saturated heterocycles. The Hall–Kier alpha value is -1.06. The van der Waals surface area contributed by atoms with Crippen molar-refractivity contribution in [3.63, 3.8) is 0 Å². The number of unbranched alkanes of at least 4 members (excludes halogenated alkanes) is 1. The number of nitrogens with one attached hydrogen (secondary N) is 1. The van der Waals surface area contributed by atoms with Crippen molar-refractivity contribution in [3.8, 4) is 5.75 Å². The highest BCUT2D eigenvalue weighted by Gasteiger charge is 2.12. The van der Waals surface area contributed by atoms with Gasteiger partial charge in [0.15, 0.2) is 0 Å². The predicted molar refractivity (Wildman–Crippen MR) is 91.1 cm³/mol. The summed E-state index contributed by atoms with van der Waals surface area (Å²) in [6.45, 7) is 10.5. The van der Waals surface area contributed by atoms with Crippen LogP contribution in [0, 0.1) is 0 Å². The minimum atomic E-state index is 0.386. The second-order valence-electron chi connectivity index (χ2n) is 5.64. The minimum absolute atomic E-state index is 0.386. The zero-order chi connectivity index (χ0) is 15.5. The van der Waals surface area contributed by atoms with Gasteiger partial charge in [0.1, 0.15) is 5.75 Å². The Morgan fingerprint density at radius 2 is 1.81 bits per heavy atom. The molecule has 0 saturated carbocycles. The molecule has 1 aromatic carbocycles. The van der Waals surface area contributed by atoms with Crippen LogP contribution in [0.1, 0.15) is 51.6 Å². The molecule has 3 nitrogen and oxygen atoms in total. The maximum absolute atomic E-state index is 5.65. The number of hydrogen-bond acceptors (Lipinski definition) is 3. The summed E-state index contributed by atoms with van der Waals surface area (Å²) >= 11 is 0. The highest BCUT2D eigenvalue weighted by molar-refractivity contribution is 5.29. The third-order valence-corrected chi connectivity index (χ3v) is 3.59. The van der Waals surface area contributed by atoms with E-state index in [1.807, 2.05) is 0 Å². The van der Waals surface area contributed by atoms with E-state index in [9.17, 15) is 0 Å². The summed E-state index contributed by atoms with van der Waals surface area (Å²) in [5, 5.41) is 3.59. The molecule has 0 radical (unpaired) electrons. The van der Waals surface area contributed by atoms with Crippen LogP contribution in [-0.2, 0) is 0 Å². The SMILES string of the molecule is CCCCN(C)CC(NCC)c1ccc(OCCC)cc1. The number of ether oxygens (including phenoxy) is 1. The van der Waals surface area contributed by atoms with Gasteiger partial charge in [-0.3, -0.25) is 0 Å². The summed E-state index contributed by atoms with van der Waals surface area (Å²) in [6.07, 6.45) is 3.56. The first-order chi connectivity index (χ1) is 10.2. The number of benzene rings is 1. The van der Waals surface area contributed by atoms with Crippen molar-refractivity contribution < 1.29 is 4.74 Å². The average molecular weight is 292 g/mol. The summed E-state index contributed by atoms with van der Waals surface area (Å²) in [7, 11) is 2.21. The van der Waals surface area contributed by atoms with E-state index in [2.05, 4.69) is 62.3 Å². The van der Waals surface area contributed by atoms with E-state index in [0.717, 1.165) is 38.4 Å². The summed E-state index contributed by atoms with van der Waals surface area (Å²) in [5.41, 5.74) is 1.34. The number of rotatable bonds is 11. The fourth-order valence-corrected chi connectivity index (χ4v) is 2.38. The fourth-order valence-electron chi connectivity index (χ4n) is 2.38. The van der Waals surface area contributed by atoms with Crippen LogP contribution in [0.3, 0.4) is 0 Å². The molecule has 0 aliphatic rings. The van der Waals surface area contributed by atoms with Crippen LogP contribution >= 0.6 is 0 Å². The van der Waals surface area contributed by atoms with Crippen LogP contribution in [0.5, 0.6) is 5.75 Å². The van der Waals surface area contributed by atoms with Crippen molar-refractivity contribution in [1.29, 1.82) is 0 Å². The van der Waals surface area contributed by atoms with Gasteiger partial charge in [-0.25, -0.2) is 0 Å². The molecule has 0 aliphatic heterocycles. The van der Waals surface area contributed by atoms with Crippen molar-refractivity contribution >= 4 is 0 Å². The van der Waals surface area contributed by atoms with Crippen molar-refractivity contribution in [1.82, 2.24) is 10.2 Å². The van der Waals surface area contributed by atoms with Gasteiger partial charge in [0.05, 0.1) is 6.61 Å². The lowest BCUT2D eigenvalue weighted by Gasteiger charge is -2.25. The zero-order valence-electron chi connectivity index (χ0n) is 14.2. The van der Waals surface area contributed by atoms with E-state index in [1.165, 1.54) is 18.4 Å². The van der Waals surface area contributed by atoms with E-state index in [4.69, 9.17) is 4.74 Å². The fraction of sp³-hybridized carbons (Fsp3) is 0.667. The average Bonchev–Trinajstić information content (AvgIpc) is 2.51. The van der Waals surface area contributed by atoms with Crippen LogP contribution in [-0.4, -0.2) is 38.2 Å². The van der Waals surface area contributed by atoms with Crippen LogP contribution in [0.2, 0.25) is 0 Å². The lowest BCUT2D eigenvalue weighted by molar-refractivity contribution is 0.287. The molecule has 120 valence electrons. The minimum Gasteiger partial charge on any atom is -0.494 e. The molecular formula is C18H32N2O. The second-order valence-corrected chi connectivity index (χ2v) is 5.64. The summed E-state index contributed by atoms with van der Waals surface area (Å²) in [5.74, 6) is 0.968.